The predicted molar refractivity (Wildman–Crippen MR) is 102 cm³/mol. The lowest BCUT2D eigenvalue weighted by Crippen LogP contribution is -2.38. The van der Waals surface area contributed by atoms with Gasteiger partial charge in [0.2, 0.25) is 10.0 Å². The SMILES string of the molecule is Cc1ccc(CNC(=O)c2cc(S(=O)(=O)N3CCSCC3)ccc2Cl)o1. The van der Waals surface area contributed by atoms with Crippen LogP contribution in [-0.2, 0) is 16.6 Å². The summed E-state index contributed by atoms with van der Waals surface area (Å²) in [4.78, 5) is 12.5. The normalized spacial score (nSPS) is 15.8. The summed E-state index contributed by atoms with van der Waals surface area (Å²) in [5, 5.41) is 2.90. The number of thioether (sulfide) groups is 1. The van der Waals surface area contributed by atoms with Crippen molar-refractivity contribution in [2.24, 2.45) is 0 Å². The molecule has 1 aromatic heterocycles. The van der Waals surface area contributed by atoms with E-state index >= 15 is 0 Å². The molecule has 0 spiro atoms. The lowest BCUT2D eigenvalue weighted by Gasteiger charge is -2.25. The Morgan fingerprint density at radius 3 is 2.65 bits per heavy atom. The standard InChI is InChI=1S/C17H19ClN2O4S2/c1-12-2-3-13(24-12)11-19-17(21)15-10-14(4-5-16(15)18)26(22,23)20-6-8-25-9-7-20/h2-5,10H,6-9,11H2,1H3,(H,19,21). The van der Waals surface area contributed by atoms with Gasteiger partial charge in [-0.2, -0.15) is 16.1 Å². The Kier molecular flexibility index (Phi) is 5.96. The van der Waals surface area contributed by atoms with E-state index in [9.17, 15) is 13.2 Å². The monoisotopic (exact) mass is 414 g/mol. The number of rotatable bonds is 5. The summed E-state index contributed by atoms with van der Waals surface area (Å²) in [6.07, 6.45) is 0. The molecule has 1 aliphatic heterocycles. The summed E-state index contributed by atoms with van der Waals surface area (Å²) in [7, 11) is -3.64. The molecule has 2 heterocycles. The number of sulfonamides is 1. The van der Waals surface area contributed by atoms with Gasteiger partial charge in [-0.1, -0.05) is 11.6 Å². The largest absolute Gasteiger partial charge is 0.465 e. The Morgan fingerprint density at radius 2 is 2.00 bits per heavy atom. The predicted octanol–water partition coefficient (Wildman–Crippen LogP) is 2.91. The van der Waals surface area contributed by atoms with E-state index in [0.717, 1.165) is 17.3 Å². The number of nitrogens with zero attached hydrogens (tertiary/aromatic N) is 1. The number of amides is 1. The van der Waals surface area contributed by atoms with Crippen molar-refractivity contribution in [3.63, 3.8) is 0 Å². The minimum Gasteiger partial charge on any atom is -0.465 e. The van der Waals surface area contributed by atoms with Gasteiger partial charge in [0.15, 0.2) is 0 Å². The number of halogens is 1. The van der Waals surface area contributed by atoms with E-state index in [-0.39, 0.29) is 22.0 Å². The van der Waals surface area contributed by atoms with Gasteiger partial charge < -0.3 is 9.73 Å². The number of carbonyl (C=O) groups is 1. The third kappa shape index (κ3) is 4.25. The van der Waals surface area contributed by atoms with Gasteiger partial charge in [0, 0.05) is 24.6 Å². The molecule has 1 saturated heterocycles. The molecule has 0 atom stereocenters. The Labute approximate surface area is 161 Å². The van der Waals surface area contributed by atoms with Gasteiger partial charge in [0.1, 0.15) is 11.5 Å². The molecule has 6 nitrogen and oxygen atoms in total. The van der Waals surface area contributed by atoms with Crippen LogP contribution in [0.3, 0.4) is 0 Å². The molecular weight excluding hydrogens is 396 g/mol. The smallest absolute Gasteiger partial charge is 0.253 e. The average molecular weight is 415 g/mol. The maximum Gasteiger partial charge on any atom is 0.253 e. The number of hydrogen-bond acceptors (Lipinski definition) is 5. The van der Waals surface area contributed by atoms with Gasteiger partial charge in [0.05, 0.1) is 22.0 Å². The minimum atomic E-state index is -3.64. The highest BCUT2D eigenvalue weighted by atomic mass is 35.5. The average Bonchev–Trinajstić information content (AvgIpc) is 3.06. The molecule has 140 valence electrons. The third-order valence-electron chi connectivity index (χ3n) is 4.01. The van der Waals surface area contributed by atoms with Gasteiger partial charge in [-0.15, -0.1) is 0 Å². The molecule has 0 saturated carbocycles. The lowest BCUT2D eigenvalue weighted by molar-refractivity contribution is 0.0948. The molecule has 1 amide bonds. The molecule has 1 fully saturated rings. The number of hydrogen-bond donors (Lipinski definition) is 1. The first-order valence-electron chi connectivity index (χ1n) is 8.09. The van der Waals surface area contributed by atoms with Crippen LogP contribution in [-0.4, -0.2) is 43.2 Å². The fourth-order valence-electron chi connectivity index (χ4n) is 2.62. The maximum absolute atomic E-state index is 12.8. The van der Waals surface area contributed by atoms with Crippen molar-refractivity contribution in [2.45, 2.75) is 18.4 Å². The highest BCUT2D eigenvalue weighted by Gasteiger charge is 2.27. The van der Waals surface area contributed by atoms with Crippen LogP contribution >= 0.6 is 23.4 Å². The molecule has 3 rings (SSSR count). The first-order valence-corrected chi connectivity index (χ1v) is 11.1. The maximum atomic E-state index is 12.8. The van der Waals surface area contributed by atoms with Gasteiger partial charge in [-0.3, -0.25) is 4.79 Å². The van der Waals surface area contributed by atoms with E-state index in [2.05, 4.69) is 5.32 Å². The number of nitrogens with one attached hydrogen (secondary N) is 1. The van der Waals surface area contributed by atoms with Crippen molar-refractivity contribution in [3.8, 4) is 0 Å². The number of aryl methyl sites for hydroxylation is 1. The van der Waals surface area contributed by atoms with Crippen LogP contribution < -0.4 is 5.32 Å². The van der Waals surface area contributed by atoms with Crippen molar-refractivity contribution in [1.82, 2.24) is 9.62 Å². The van der Waals surface area contributed by atoms with Crippen LogP contribution in [0.25, 0.3) is 0 Å². The number of carbonyl (C=O) groups excluding carboxylic acids is 1. The summed E-state index contributed by atoms with van der Waals surface area (Å²) in [6.45, 7) is 2.95. The fraction of sp³-hybridized carbons (Fsp3) is 0.353. The Bertz CT molecular complexity index is 905. The van der Waals surface area contributed by atoms with Crippen LogP contribution in [0, 0.1) is 6.92 Å². The van der Waals surface area contributed by atoms with E-state index in [4.69, 9.17) is 16.0 Å². The van der Waals surface area contributed by atoms with Gasteiger partial charge in [-0.05, 0) is 37.3 Å². The fourth-order valence-corrected chi connectivity index (χ4v) is 5.42. The Morgan fingerprint density at radius 1 is 1.27 bits per heavy atom. The Hall–Kier alpha value is -1.48. The molecule has 26 heavy (non-hydrogen) atoms. The van der Waals surface area contributed by atoms with E-state index in [1.807, 2.05) is 6.92 Å². The van der Waals surface area contributed by atoms with Crippen molar-refractivity contribution in [2.75, 3.05) is 24.6 Å². The van der Waals surface area contributed by atoms with Crippen LogP contribution in [0.2, 0.25) is 5.02 Å². The molecule has 0 radical (unpaired) electrons. The van der Waals surface area contributed by atoms with Crippen molar-refractivity contribution < 1.29 is 17.6 Å². The molecule has 0 aliphatic carbocycles. The van der Waals surface area contributed by atoms with E-state index in [0.29, 0.717) is 18.8 Å². The summed E-state index contributed by atoms with van der Waals surface area (Å²) >= 11 is 7.84. The molecule has 1 aromatic carbocycles. The van der Waals surface area contributed by atoms with E-state index in [1.54, 1.807) is 23.9 Å². The van der Waals surface area contributed by atoms with Gasteiger partial charge >= 0.3 is 0 Å². The van der Waals surface area contributed by atoms with Crippen LogP contribution in [0.15, 0.2) is 39.6 Å². The zero-order valence-corrected chi connectivity index (χ0v) is 16.6. The van der Waals surface area contributed by atoms with Crippen molar-refractivity contribution in [1.29, 1.82) is 0 Å². The summed E-state index contributed by atoms with van der Waals surface area (Å²) < 4.78 is 32.4. The molecule has 0 bridgehead atoms. The van der Waals surface area contributed by atoms with Gasteiger partial charge in [0.25, 0.3) is 5.91 Å². The second-order valence-corrected chi connectivity index (χ2v) is 9.42. The first-order chi connectivity index (χ1) is 12.4. The highest BCUT2D eigenvalue weighted by molar-refractivity contribution is 7.99. The van der Waals surface area contributed by atoms with Crippen molar-refractivity contribution >= 4 is 39.3 Å². The molecule has 1 aliphatic rings. The first kappa shape index (κ1) is 19.3. The molecule has 1 N–H and O–H groups in total. The van der Waals surface area contributed by atoms with Crippen LogP contribution in [0.1, 0.15) is 21.9 Å². The topological polar surface area (TPSA) is 79.6 Å². The van der Waals surface area contributed by atoms with Crippen LogP contribution in [0.4, 0.5) is 0 Å². The molecule has 0 unspecified atom stereocenters. The summed E-state index contributed by atoms with van der Waals surface area (Å²) in [6, 6.07) is 7.79. The summed E-state index contributed by atoms with van der Waals surface area (Å²) in [5.41, 5.74) is 0.127. The second kappa shape index (κ2) is 8.04. The summed E-state index contributed by atoms with van der Waals surface area (Å²) in [5.74, 6) is 2.45. The highest BCUT2D eigenvalue weighted by Crippen LogP contribution is 2.25. The van der Waals surface area contributed by atoms with E-state index < -0.39 is 15.9 Å². The lowest BCUT2D eigenvalue weighted by atomic mass is 10.2. The third-order valence-corrected chi connectivity index (χ3v) is 7.18. The molecular formula is C17H19ClN2O4S2. The zero-order chi connectivity index (χ0) is 18.7. The zero-order valence-electron chi connectivity index (χ0n) is 14.2. The minimum absolute atomic E-state index is 0.0767. The number of benzene rings is 1. The number of furan rings is 1. The molecule has 9 heteroatoms. The quantitative estimate of drug-likeness (QED) is 0.813. The van der Waals surface area contributed by atoms with E-state index in [1.165, 1.54) is 22.5 Å². The molecule has 2 aromatic rings. The van der Waals surface area contributed by atoms with Crippen molar-refractivity contribution in [3.05, 3.63) is 52.4 Å². The second-order valence-electron chi connectivity index (χ2n) is 5.85. The van der Waals surface area contributed by atoms with Crippen LogP contribution in [0.5, 0.6) is 0 Å². The Balaban J connectivity index is 1.79. The van der Waals surface area contributed by atoms with Gasteiger partial charge in [-0.25, -0.2) is 8.42 Å².